The number of hydrogen-bond donors (Lipinski definition) is 3. The summed E-state index contributed by atoms with van der Waals surface area (Å²) in [6.07, 6.45) is 9.28. The van der Waals surface area contributed by atoms with Crippen molar-refractivity contribution in [2.24, 2.45) is 0 Å². The van der Waals surface area contributed by atoms with E-state index in [-0.39, 0.29) is 29.8 Å². The predicted molar refractivity (Wildman–Crippen MR) is 91.7 cm³/mol. The number of phenols is 2. The Bertz CT molecular complexity index is 448. The zero-order valence-corrected chi connectivity index (χ0v) is 14.1. The Hall–Kier alpha value is -1.55. The van der Waals surface area contributed by atoms with Gasteiger partial charge in [-0.05, 0) is 37.5 Å². The molecule has 1 aromatic rings. The van der Waals surface area contributed by atoms with Gasteiger partial charge in [0.25, 0.3) is 0 Å². The highest BCUT2D eigenvalue weighted by atomic mass is 16.3. The highest BCUT2D eigenvalue weighted by molar-refractivity contribution is 5.81. The Labute approximate surface area is 139 Å². The summed E-state index contributed by atoms with van der Waals surface area (Å²) >= 11 is 0. The van der Waals surface area contributed by atoms with Gasteiger partial charge in [-0.1, -0.05) is 38.5 Å². The summed E-state index contributed by atoms with van der Waals surface area (Å²) in [6, 6.07) is 4.30. The molecule has 4 nitrogen and oxygen atoms in total. The number of rotatable bonds is 12. The van der Waals surface area contributed by atoms with Crippen molar-refractivity contribution in [2.75, 3.05) is 0 Å². The topological polar surface area (TPSA) is 77.8 Å². The Kier molecular flexibility index (Phi) is 9.37. The lowest BCUT2D eigenvalue weighted by Gasteiger charge is -2.05. The van der Waals surface area contributed by atoms with Crippen LogP contribution in [0.2, 0.25) is 0 Å². The van der Waals surface area contributed by atoms with Crippen molar-refractivity contribution in [3.05, 3.63) is 23.8 Å². The molecule has 0 aliphatic carbocycles. The molecular formula is C19H30O4. The van der Waals surface area contributed by atoms with E-state index in [1.54, 1.807) is 0 Å². The number of benzene rings is 1. The second-order valence-electron chi connectivity index (χ2n) is 6.44. The first-order valence-corrected chi connectivity index (χ1v) is 8.69. The van der Waals surface area contributed by atoms with Gasteiger partial charge in [-0.3, -0.25) is 4.79 Å². The third-order valence-electron chi connectivity index (χ3n) is 3.94. The van der Waals surface area contributed by atoms with E-state index in [1.807, 2.05) is 6.92 Å². The molecule has 0 aliphatic heterocycles. The predicted octanol–water partition coefficient (Wildman–Crippen LogP) is 4.10. The molecule has 0 saturated carbocycles. The molecule has 1 aromatic carbocycles. The molecular weight excluding hydrogens is 292 g/mol. The van der Waals surface area contributed by atoms with E-state index in [2.05, 4.69) is 0 Å². The fraction of sp³-hybridized carbons (Fsp3) is 0.632. The van der Waals surface area contributed by atoms with Gasteiger partial charge in [0.1, 0.15) is 17.3 Å². The number of aliphatic hydroxyl groups excluding tert-OH is 1. The van der Waals surface area contributed by atoms with Gasteiger partial charge in [0.2, 0.25) is 0 Å². The Balaban J connectivity index is 2.04. The van der Waals surface area contributed by atoms with Crippen molar-refractivity contribution in [3.63, 3.8) is 0 Å². The molecule has 0 amide bonds. The third kappa shape index (κ3) is 9.95. The van der Waals surface area contributed by atoms with Crippen molar-refractivity contribution >= 4 is 5.78 Å². The molecule has 23 heavy (non-hydrogen) atoms. The zero-order valence-electron chi connectivity index (χ0n) is 14.1. The number of hydrogen-bond acceptors (Lipinski definition) is 4. The number of phenolic OH excluding ortho intramolecular Hbond substituents is 2. The van der Waals surface area contributed by atoms with Gasteiger partial charge < -0.3 is 15.3 Å². The first kappa shape index (κ1) is 19.5. The number of carbonyl (C=O) groups excluding carboxylic acids is 1. The minimum absolute atomic E-state index is 0.0107. The maximum Gasteiger partial charge on any atom is 0.137 e. The Morgan fingerprint density at radius 2 is 1.43 bits per heavy atom. The average Bonchev–Trinajstić information content (AvgIpc) is 2.44. The number of carbonyl (C=O) groups is 1. The van der Waals surface area contributed by atoms with Gasteiger partial charge in [-0.2, -0.15) is 0 Å². The summed E-state index contributed by atoms with van der Waals surface area (Å²) in [5, 5.41) is 27.9. The van der Waals surface area contributed by atoms with Crippen LogP contribution in [0.5, 0.6) is 11.5 Å². The molecule has 0 saturated heterocycles. The number of aliphatic hydroxyl groups is 1. The van der Waals surface area contributed by atoms with E-state index in [1.165, 1.54) is 37.5 Å². The molecule has 0 aromatic heterocycles. The van der Waals surface area contributed by atoms with Crippen LogP contribution in [0, 0.1) is 0 Å². The van der Waals surface area contributed by atoms with E-state index in [9.17, 15) is 15.0 Å². The van der Waals surface area contributed by atoms with Gasteiger partial charge in [-0.15, -0.1) is 0 Å². The molecule has 0 bridgehead atoms. The van der Waals surface area contributed by atoms with Crippen LogP contribution in [0.4, 0.5) is 0 Å². The molecule has 1 atom stereocenters. The van der Waals surface area contributed by atoms with Crippen LogP contribution in [0.15, 0.2) is 18.2 Å². The minimum Gasteiger partial charge on any atom is -0.508 e. The summed E-state index contributed by atoms with van der Waals surface area (Å²) in [4.78, 5) is 11.9. The lowest BCUT2D eigenvalue weighted by Crippen LogP contribution is -2.02. The van der Waals surface area contributed by atoms with Crippen LogP contribution in [-0.4, -0.2) is 27.2 Å². The molecule has 4 heteroatoms. The van der Waals surface area contributed by atoms with Crippen molar-refractivity contribution in [2.45, 2.75) is 77.2 Å². The lowest BCUT2D eigenvalue weighted by molar-refractivity contribution is -0.118. The van der Waals surface area contributed by atoms with Crippen molar-refractivity contribution in [3.8, 4) is 11.5 Å². The van der Waals surface area contributed by atoms with E-state index in [0.717, 1.165) is 32.1 Å². The van der Waals surface area contributed by atoms with Gasteiger partial charge in [0.05, 0.1) is 6.10 Å². The monoisotopic (exact) mass is 322 g/mol. The largest absolute Gasteiger partial charge is 0.508 e. The van der Waals surface area contributed by atoms with Crippen molar-refractivity contribution in [1.82, 2.24) is 0 Å². The fourth-order valence-electron chi connectivity index (χ4n) is 2.72. The van der Waals surface area contributed by atoms with Gasteiger partial charge >= 0.3 is 0 Å². The maximum atomic E-state index is 11.9. The van der Waals surface area contributed by atoms with Crippen molar-refractivity contribution < 1.29 is 20.1 Å². The number of ketones is 1. The van der Waals surface area contributed by atoms with E-state index < -0.39 is 0 Å². The first-order chi connectivity index (χ1) is 11.0. The van der Waals surface area contributed by atoms with Crippen LogP contribution in [-0.2, 0) is 11.2 Å². The summed E-state index contributed by atoms with van der Waals surface area (Å²) in [5.41, 5.74) is 0.658. The van der Waals surface area contributed by atoms with Gasteiger partial charge in [-0.25, -0.2) is 0 Å². The summed E-state index contributed by atoms with van der Waals surface area (Å²) in [7, 11) is 0. The van der Waals surface area contributed by atoms with Crippen LogP contribution >= 0.6 is 0 Å². The molecule has 0 heterocycles. The molecule has 0 fully saturated rings. The zero-order chi connectivity index (χ0) is 17.1. The fourth-order valence-corrected chi connectivity index (χ4v) is 2.72. The molecule has 0 radical (unpaired) electrons. The van der Waals surface area contributed by atoms with Gasteiger partial charge in [0.15, 0.2) is 0 Å². The number of aromatic hydroxyl groups is 2. The third-order valence-corrected chi connectivity index (χ3v) is 3.94. The lowest BCUT2D eigenvalue weighted by atomic mass is 10.0. The van der Waals surface area contributed by atoms with E-state index in [0.29, 0.717) is 12.0 Å². The summed E-state index contributed by atoms with van der Waals surface area (Å²) < 4.78 is 0. The van der Waals surface area contributed by atoms with Crippen LogP contribution < -0.4 is 0 Å². The Morgan fingerprint density at radius 3 is 2.00 bits per heavy atom. The van der Waals surface area contributed by atoms with E-state index >= 15 is 0 Å². The standard InChI is InChI=1S/C19H30O4/c1-15(20)9-7-5-3-2-4-6-8-10-17(21)11-16-12-18(22)14-19(23)13-16/h12-15,20,22-23H,2-11H2,1H3/t15-/m0/s1. The minimum atomic E-state index is -0.186. The average molecular weight is 322 g/mol. The smallest absolute Gasteiger partial charge is 0.137 e. The molecule has 3 N–H and O–H groups in total. The summed E-state index contributed by atoms with van der Waals surface area (Å²) in [5.74, 6) is 0.124. The van der Waals surface area contributed by atoms with Gasteiger partial charge in [0, 0.05) is 18.9 Å². The number of Topliss-reactive ketones (excluding diaryl/α,β-unsaturated/α-hetero) is 1. The maximum absolute atomic E-state index is 11.9. The Morgan fingerprint density at radius 1 is 0.913 bits per heavy atom. The second-order valence-corrected chi connectivity index (χ2v) is 6.44. The van der Waals surface area contributed by atoms with Crippen molar-refractivity contribution in [1.29, 1.82) is 0 Å². The number of unbranched alkanes of at least 4 members (excludes halogenated alkanes) is 6. The molecule has 1 rings (SSSR count). The van der Waals surface area contributed by atoms with Crippen LogP contribution in [0.3, 0.4) is 0 Å². The highest BCUT2D eigenvalue weighted by Crippen LogP contribution is 2.21. The highest BCUT2D eigenvalue weighted by Gasteiger charge is 2.06. The summed E-state index contributed by atoms with van der Waals surface area (Å²) in [6.45, 7) is 1.83. The quantitative estimate of drug-likeness (QED) is 0.506. The van der Waals surface area contributed by atoms with Crippen LogP contribution in [0.1, 0.15) is 70.3 Å². The normalized spacial score (nSPS) is 12.3. The molecule has 0 unspecified atom stereocenters. The van der Waals surface area contributed by atoms with E-state index in [4.69, 9.17) is 5.11 Å². The van der Waals surface area contributed by atoms with Crippen LogP contribution in [0.25, 0.3) is 0 Å². The SMILES string of the molecule is C[C@H](O)CCCCCCCCCC(=O)Cc1cc(O)cc(O)c1. The molecule has 0 aliphatic rings. The first-order valence-electron chi connectivity index (χ1n) is 8.69. The molecule has 130 valence electrons. The second kappa shape index (κ2) is 11.1. The molecule has 0 spiro atoms.